The van der Waals surface area contributed by atoms with Crippen LogP contribution in [0.15, 0.2) is 6.07 Å². The number of thiocarbonyl (C=S) groups is 1. The molecule has 1 aromatic heterocycles. The number of aromatic nitrogens is 1. The molecule has 1 aliphatic rings. The van der Waals surface area contributed by atoms with Gasteiger partial charge in [0.25, 0.3) is 0 Å². The van der Waals surface area contributed by atoms with Gasteiger partial charge >= 0.3 is 0 Å². The van der Waals surface area contributed by atoms with E-state index in [2.05, 4.69) is 10.3 Å². The fourth-order valence-corrected chi connectivity index (χ4v) is 2.63. The van der Waals surface area contributed by atoms with Gasteiger partial charge in [-0.25, -0.2) is 4.98 Å². The second-order valence-corrected chi connectivity index (χ2v) is 5.35. The Hall–Kier alpha value is -1.69. The Labute approximate surface area is 118 Å². The molecule has 1 aliphatic heterocycles. The number of hydrogen-bond acceptors (Lipinski definition) is 4. The molecule has 1 fully saturated rings. The van der Waals surface area contributed by atoms with Crippen LogP contribution in [0.1, 0.15) is 23.2 Å². The van der Waals surface area contributed by atoms with Gasteiger partial charge in [0.05, 0.1) is 5.56 Å². The van der Waals surface area contributed by atoms with Gasteiger partial charge in [-0.05, 0) is 31.9 Å². The van der Waals surface area contributed by atoms with Crippen molar-refractivity contribution in [3.63, 3.8) is 0 Å². The number of carbonyl (C=O) groups is 1. The van der Waals surface area contributed by atoms with E-state index in [0.717, 1.165) is 29.8 Å². The fraction of sp³-hybridized carbons (Fsp3) is 0.462. The summed E-state index contributed by atoms with van der Waals surface area (Å²) >= 11 is 5.08. The third-order valence-corrected chi connectivity index (χ3v) is 3.53. The lowest BCUT2D eigenvalue weighted by atomic mass is 10.1. The van der Waals surface area contributed by atoms with Gasteiger partial charge in [-0.15, -0.1) is 0 Å². The minimum Gasteiger partial charge on any atom is -0.389 e. The predicted octanol–water partition coefficient (Wildman–Crippen LogP) is 0.975. The summed E-state index contributed by atoms with van der Waals surface area (Å²) in [5.41, 5.74) is 8.33. The molecule has 0 aromatic carbocycles. The summed E-state index contributed by atoms with van der Waals surface area (Å²) in [7, 11) is 1.80. The summed E-state index contributed by atoms with van der Waals surface area (Å²) in [6, 6.07) is 1.69. The van der Waals surface area contributed by atoms with Crippen molar-refractivity contribution in [2.45, 2.75) is 26.3 Å². The molecule has 6 heteroatoms. The predicted molar refractivity (Wildman–Crippen MR) is 79.3 cm³/mol. The van der Waals surface area contributed by atoms with Crippen molar-refractivity contribution >= 4 is 28.9 Å². The highest BCUT2D eigenvalue weighted by Crippen LogP contribution is 2.22. The maximum atomic E-state index is 11.9. The smallest absolute Gasteiger partial charge is 0.244 e. The van der Waals surface area contributed by atoms with Crippen LogP contribution in [0, 0.1) is 13.8 Å². The third-order valence-electron chi connectivity index (χ3n) is 3.33. The van der Waals surface area contributed by atoms with Crippen LogP contribution < -0.4 is 11.1 Å². The van der Waals surface area contributed by atoms with Crippen molar-refractivity contribution in [1.82, 2.24) is 9.88 Å². The number of pyridine rings is 1. The monoisotopic (exact) mass is 278 g/mol. The molecule has 0 radical (unpaired) electrons. The largest absolute Gasteiger partial charge is 0.389 e. The van der Waals surface area contributed by atoms with E-state index in [4.69, 9.17) is 18.0 Å². The Kier molecular flexibility index (Phi) is 3.71. The van der Waals surface area contributed by atoms with Crippen LogP contribution in [0.25, 0.3) is 0 Å². The van der Waals surface area contributed by atoms with Gasteiger partial charge in [-0.3, -0.25) is 4.79 Å². The number of rotatable bonds is 3. The first kappa shape index (κ1) is 13.7. The molecule has 2 rings (SSSR count). The van der Waals surface area contributed by atoms with Crippen LogP contribution in [0.4, 0.5) is 5.82 Å². The van der Waals surface area contributed by atoms with Gasteiger partial charge < -0.3 is 16.0 Å². The van der Waals surface area contributed by atoms with Gasteiger partial charge in [0, 0.05) is 19.3 Å². The van der Waals surface area contributed by atoms with Crippen LogP contribution in [-0.4, -0.2) is 40.4 Å². The second-order valence-electron chi connectivity index (χ2n) is 4.91. The van der Waals surface area contributed by atoms with Crippen molar-refractivity contribution in [1.29, 1.82) is 0 Å². The first-order valence-electron chi connectivity index (χ1n) is 6.19. The summed E-state index contributed by atoms with van der Waals surface area (Å²) in [5.74, 6) is 0.688. The van der Waals surface area contributed by atoms with Gasteiger partial charge in [0.15, 0.2) is 0 Å². The second kappa shape index (κ2) is 5.13. The zero-order valence-corrected chi connectivity index (χ0v) is 12.2. The van der Waals surface area contributed by atoms with E-state index in [1.54, 1.807) is 11.9 Å². The molecule has 1 saturated heterocycles. The SMILES string of the molecule is Cc1cc(C)c(C(N)=S)c(NC2CCN(C)C2=O)n1. The topological polar surface area (TPSA) is 71.2 Å². The summed E-state index contributed by atoms with van der Waals surface area (Å²) in [6.45, 7) is 4.60. The molecule has 5 nitrogen and oxygen atoms in total. The summed E-state index contributed by atoms with van der Waals surface area (Å²) in [6.07, 6.45) is 0.765. The van der Waals surface area contributed by atoms with Gasteiger partial charge in [0.1, 0.15) is 16.8 Å². The highest BCUT2D eigenvalue weighted by Gasteiger charge is 2.30. The van der Waals surface area contributed by atoms with Crippen molar-refractivity contribution in [2.75, 3.05) is 18.9 Å². The van der Waals surface area contributed by atoms with Crippen LogP contribution in [0.3, 0.4) is 0 Å². The molecular formula is C13H18N4OS. The van der Waals surface area contributed by atoms with Crippen molar-refractivity contribution in [3.8, 4) is 0 Å². The van der Waals surface area contributed by atoms with Crippen LogP contribution in [0.2, 0.25) is 0 Å². The fourth-order valence-electron chi connectivity index (χ4n) is 2.37. The molecule has 19 heavy (non-hydrogen) atoms. The molecule has 1 amide bonds. The Morgan fingerprint density at radius 2 is 2.26 bits per heavy atom. The summed E-state index contributed by atoms with van der Waals surface area (Å²) in [5, 5.41) is 3.18. The van der Waals surface area contributed by atoms with E-state index in [1.807, 2.05) is 19.9 Å². The van der Waals surface area contributed by atoms with Gasteiger partial charge in [-0.2, -0.15) is 0 Å². The minimum absolute atomic E-state index is 0.0786. The number of amides is 1. The maximum absolute atomic E-state index is 11.9. The van der Waals surface area contributed by atoms with Crippen molar-refractivity contribution < 1.29 is 4.79 Å². The van der Waals surface area contributed by atoms with Crippen molar-refractivity contribution in [3.05, 3.63) is 22.9 Å². The molecule has 3 N–H and O–H groups in total. The zero-order valence-electron chi connectivity index (χ0n) is 11.4. The van der Waals surface area contributed by atoms with E-state index in [9.17, 15) is 4.79 Å². The number of likely N-dealkylation sites (tertiary alicyclic amines) is 1. The van der Waals surface area contributed by atoms with E-state index in [1.165, 1.54) is 0 Å². The van der Waals surface area contributed by atoms with E-state index in [-0.39, 0.29) is 11.9 Å². The van der Waals surface area contributed by atoms with Crippen LogP contribution in [-0.2, 0) is 4.79 Å². The minimum atomic E-state index is -0.244. The van der Waals surface area contributed by atoms with Gasteiger partial charge in [-0.1, -0.05) is 12.2 Å². The number of aryl methyl sites for hydroxylation is 2. The molecule has 1 unspecified atom stereocenters. The molecular weight excluding hydrogens is 260 g/mol. The standard InChI is InChI=1S/C13H18N4OS/c1-7-6-8(2)15-12(10(7)11(14)19)16-9-4-5-17(3)13(9)18/h6,9H,4-5H2,1-3H3,(H2,14,19)(H,15,16). The lowest BCUT2D eigenvalue weighted by Crippen LogP contribution is -2.32. The number of nitrogens with two attached hydrogens (primary N) is 1. The Bertz CT molecular complexity index is 544. The average molecular weight is 278 g/mol. The number of carbonyl (C=O) groups excluding carboxylic acids is 1. The van der Waals surface area contributed by atoms with E-state index in [0.29, 0.717) is 10.8 Å². The molecule has 0 aliphatic carbocycles. The molecule has 0 spiro atoms. The third kappa shape index (κ3) is 2.68. The number of nitrogens with one attached hydrogen (secondary N) is 1. The Morgan fingerprint density at radius 1 is 1.58 bits per heavy atom. The molecule has 102 valence electrons. The van der Waals surface area contributed by atoms with E-state index < -0.39 is 0 Å². The van der Waals surface area contributed by atoms with Crippen molar-refractivity contribution in [2.24, 2.45) is 5.73 Å². The summed E-state index contributed by atoms with van der Waals surface area (Å²) < 4.78 is 0. The molecule has 2 heterocycles. The molecule has 0 saturated carbocycles. The highest BCUT2D eigenvalue weighted by atomic mass is 32.1. The number of likely N-dealkylation sites (N-methyl/N-ethyl adjacent to an activating group) is 1. The van der Waals surface area contributed by atoms with E-state index >= 15 is 0 Å². The molecule has 0 bridgehead atoms. The highest BCUT2D eigenvalue weighted by molar-refractivity contribution is 7.80. The van der Waals surface area contributed by atoms with Gasteiger partial charge in [0.2, 0.25) is 5.91 Å². The molecule has 1 aromatic rings. The number of anilines is 1. The summed E-state index contributed by atoms with van der Waals surface area (Å²) in [4.78, 5) is 18.4. The lowest BCUT2D eigenvalue weighted by Gasteiger charge is -2.17. The first-order chi connectivity index (χ1) is 8.90. The maximum Gasteiger partial charge on any atom is 0.244 e. The first-order valence-corrected chi connectivity index (χ1v) is 6.60. The normalized spacial score (nSPS) is 18.8. The number of nitrogens with zero attached hydrogens (tertiary/aromatic N) is 2. The Morgan fingerprint density at radius 3 is 2.79 bits per heavy atom. The van der Waals surface area contributed by atoms with Crippen LogP contribution in [0.5, 0.6) is 0 Å². The number of hydrogen-bond donors (Lipinski definition) is 2. The molecule has 1 atom stereocenters. The van der Waals surface area contributed by atoms with Crippen LogP contribution >= 0.6 is 12.2 Å². The quantitative estimate of drug-likeness (QED) is 0.806. The average Bonchev–Trinajstić information content (AvgIpc) is 2.59. The zero-order chi connectivity index (χ0) is 14.2. The Balaban J connectivity index is 2.34. The lowest BCUT2D eigenvalue weighted by molar-refractivity contribution is -0.127.